The van der Waals surface area contributed by atoms with Gasteiger partial charge in [-0.15, -0.1) is 0 Å². The minimum Gasteiger partial charge on any atom is -0.271 e. The van der Waals surface area contributed by atoms with Gasteiger partial charge in [0.1, 0.15) is 12.4 Å². The van der Waals surface area contributed by atoms with Crippen molar-refractivity contribution in [2.75, 3.05) is 10.8 Å². The number of sulfonamides is 1. The lowest BCUT2D eigenvalue weighted by molar-refractivity contribution is -0.119. The van der Waals surface area contributed by atoms with Gasteiger partial charge < -0.3 is 0 Å². The number of benzene rings is 3. The van der Waals surface area contributed by atoms with E-state index in [1.165, 1.54) is 30.3 Å². The first kappa shape index (κ1) is 23.4. The molecule has 0 heterocycles. The van der Waals surface area contributed by atoms with Gasteiger partial charge in [-0.05, 0) is 55.8 Å². The highest BCUT2D eigenvalue weighted by atomic mass is 35.5. The SMILES string of the molecule is C/C(=N/NC(=O)CN(c1ccccc1F)S(=O)(=O)c1ccc(C)cc1)c1ccc(Cl)cc1. The fourth-order valence-electron chi connectivity index (χ4n) is 2.86. The van der Waals surface area contributed by atoms with Gasteiger partial charge in [-0.1, -0.05) is 53.6 Å². The quantitative estimate of drug-likeness (QED) is 0.404. The summed E-state index contributed by atoms with van der Waals surface area (Å²) in [4.78, 5) is 12.5. The topological polar surface area (TPSA) is 78.8 Å². The third-order valence-corrected chi connectivity index (χ3v) is 6.65. The molecule has 6 nitrogen and oxygen atoms in total. The summed E-state index contributed by atoms with van der Waals surface area (Å²) >= 11 is 5.87. The van der Waals surface area contributed by atoms with Gasteiger partial charge in [0.25, 0.3) is 15.9 Å². The Morgan fingerprint density at radius 1 is 1.03 bits per heavy atom. The van der Waals surface area contributed by atoms with Crippen molar-refractivity contribution in [2.45, 2.75) is 18.7 Å². The average molecular weight is 474 g/mol. The second kappa shape index (κ2) is 9.93. The third kappa shape index (κ3) is 5.52. The van der Waals surface area contributed by atoms with E-state index in [4.69, 9.17) is 11.6 Å². The van der Waals surface area contributed by atoms with E-state index in [1.807, 2.05) is 6.92 Å². The van der Waals surface area contributed by atoms with Crippen molar-refractivity contribution in [3.8, 4) is 0 Å². The molecule has 0 aliphatic heterocycles. The van der Waals surface area contributed by atoms with Gasteiger partial charge in [0.05, 0.1) is 16.3 Å². The molecule has 0 radical (unpaired) electrons. The molecular formula is C23H21ClFN3O3S. The van der Waals surface area contributed by atoms with Crippen LogP contribution in [0, 0.1) is 12.7 Å². The number of halogens is 2. The smallest absolute Gasteiger partial charge is 0.264 e. The van der Waals surface area contributed by atoms with Gasteiger partial charge >= 0.3 is 0 Å². The van der Waals surface area contributed by atoms with Crippen LogP contribution in [0.2, 0.25) is 5.02 Å². The number of rotatable bonds is 7. The first-order valence-electron chi connectivity index (χ1n) is 9.61. The highest BCUT2D eigenvalue weighted by Gasteiger charge is 2.29. The number of para-hydroxylation sites is 1. The molecule has 9 heteroatoms. The molecule has 166 valence electrons. The van der Waals surface area contributed by atoms with Gasteiger partial charge in [0, 0.05) is 5.02 Å². The number of nitrogens with one attached hydrogen (secondary N) is 1. The van der Waals surface area contributed by atoms with Crippen LogP contribution in [0.5, 0.6) is 0 Å². The highest BCUT2D eigenvalue weighted by molar-refractivity contribution is 7.92. The lowest BCUT2D eigenvalue weighted by atomic mass is 10.1. The summed E-state index contributed by atoms with van der Waals surface area (Å²) in [5, 5.41) is 4.58. The van der Waals surface area contributed by atoms with E-state index in [-0.39, 0.29) is 10.6 Å². The van der Waals surface area contributed by atoms with E-state index >= 15 is 0 Å². The minimum atomic E-state index is -4.21. The van der Waals surface area contributed by atoms with Gasteiger partial charge in [0.15, 0.2) is 0 Å². The summed E-state index contributed by atoms with van der Waals surface area (Å²) in [6, 6.07) is 18.3. The summed E-state index contributed by atoms with van der Waals surface area (Å²) in [5.74, 6) is -1.49. The largest absolute Gasteiger partial charge is 0.271 e. The van der Waals surface area contributed by atoms with Crippen molar-refractivity contribution in [2.24, 2.45) is 5.10 Å². The van der Waals surface area contributed by atoms with Crippen LogP contribution in [-0.4, -0.2) is 26.6 Å². The standard InChI is InChI=1S/C23H21ClFN3O3S/c1-16-7-13-20(14-8-16)32(30,31)28(22-6-4-3-5-21(22)25)15-23(29)27-26-17(2)18-9-11-19(24)12-10-18/h3-14H,15H2,1-2H3,(H,27,29)/b26-17-. The van der Waals surface area contributed by atoms with Crippen molar-refractivity contribution in [3.63, 3.8) is 0 Å². The molecule has 0 aromatic heterocycles. The average Bonchev–Trinajstić information content (AvgIpc) is 2.77. The van der Waals surface area contributed by atoms with Crippen LogP contribution in [0.25, 0.3) is 0 Å². The first-order valence-corrected chi connectivity index (χ1v) is 11.4. The fourth-order valence-corrected chi connectivity index (χ4v) is 4.41. The van der Waals surface area contributed by atoms with Crippen molar-refractivity contribution >= 4 is 38.9 Å². The number of carbonyl (C=O) groups is 1. The van der Waals surface area contributed by atoms with Crippen LogP contribution in [-0.2, 0) is 14.8 Å². The molecule has 1 amide bonds. The second-order valence-corrected chi connectivity index (χ2v) is 9.31. The molecule has 3 rings (SSSR count). The number of carbonyl (C=O) groups excluding carboxylic acids is 1. The molecule has 0 bridgehead atoms. The Hall–Kier alpha value is -3.23. The molecule has 0 aliphatic carbocycles. The number of anilines is 1. The Morgan fingerprint density at radius 3 is 2.28 bits per heavy atom. The number of hydrogen-bond donors (Lipinski definition) is 1. The number of amides is 1. The zero-order chi connectivity index (χ0) is 23.3. The van der Waals surface area contributed by atoms with E-state index in [0.29, 0.717) is 10.7 Å². The number of hydrogen-bond acceptors (Lipinski definition) is 4. The third-order valence-electron chi connectivity index (χ3n) is 4.63. The van der Waals surface area contributed by atoms with Gasteiger partial charge in [-0.2, -0.15) is 5.10 Å². The molecule has 3 aromatic carbocycles. The molecule has 0 fully saturated rings. The van der Waals surface area contributed by atoms with E-state index < -0.39 is 28.3 Å². The maximum absolute atomic E-state index is 14.5. The van der Waals surface area contributed by atoms with Gasteiger partial charge in [-0.25, -0.2) is 18.2 Å². The summed E-state index contributed by atoms with van der Waals surface area (Å²) in [6.07, 6.45) is 0. The van der Waals surface area contributed by atoms with Crippen molar-refractivity contribution < 1.29 is 17.6 Å². The van der Waals surface area contributed by atoms with E-state index in [1.54, 1.807) is 43.3 Å². The second-order valence-electron chi connectivity index (χ2n) is 7.02. The monoisotopic (exact) mass is 473 g/mol. The lowest BCUT2D eigenvalue weighted by Gasteiger charge is -2.24. The van der Waals surface area contributed by atoms with Crippen LogP contribution in [0.15, 0.2) is 82.8 Å². The zero-order valence-electron chi connectivity index (χ0n) is 17.4. The van der Waals surface area contributed by atoms with Gasteiger partial charge in [0.2, 0.25) is 0 Å². The maximum Gasteiger partial charge on any atom is 0.264 e. The van der Waals surface area contributed by atoms with Crippen LogP contribution in [0.1, 0.15) is 18.1 Å². The van der Waals surface area contributed by atoms with E-state index in [0.717, 1.165) is 21.5 Å². The predicted octanol–water partition coefficient (Wildman–Crippen LogP) is 4.52. The molecular weight excluding hydrogens is 453 g/mol. The summed E-state index contributed by atoms with van der Waals surface area (Å²) in [7, 11) is -4.21. The Balaban J connectivity index is 1.88. The maximum atomic E-state index is 14.5. The molecule has 0 unspecified atom stereocenters. The molecule has 32 heavy (non-hydrogen) atoms. The highest BCUT2D eigenvalue weighted by Crippen LogP contribution is 2.26. The molecule has 0 aliphatic rings. The summed E-state index contributed by atoms with van der Waals surface area (Å²) < 4.78 is 41.7. The van der Waals surface area contributed by atoms with E-state index in [9.17, 15) is 17.6 Å². The normalized spacial score (nSPS) is 11.8. The van der Waals surface area contributed by atoms with Crippen molar-refractivity contribution in [1.82, 2.24) is 5.43 Å². The van der Waals surface area contributed by atoms with Crippen molar-refractivity contribution in [3.05, 3.63) is 94.8 Å². The number of hydrazone groups is 1. The fraction of sp³-hybridized carbons (Fsp3) is 0.130. The molecule has 0 atom stereocenters. The molecule has 0 spiro atoms. The molecule has 0 saturated carbocycles. The summed E-state index contributed by atoms with van der Waals surface area (Å²) in [5.41, 5.74) is 4.19. The van der Waals surface area contributed by atoms with E-state index in [2.05, 4.69) is 10.5 Å². The Kier molecular flexibility index (Phi) is 7.27. The lowest BCUT2D eigenvalue weighted by Crippen LogP contribution is -2.40. The van der Waals surface area contributed by atoms with Gasteiger partial charge in [-0.3, -0.25) is 9.10 Å². The van der Waals surface area contributed by atoms with Crippen molar-refractivity contribution in [1.29, 1.82) is 0 Å². The minimum absolute atomic E-state index is 0.0556. The predicted molar refractivity (Wildman–Crippen MR) is 124 cm³/mol. The Morgan fingerprint density at radius 2 is 1.66 bits per heavy atom. The zero-order valence-corrected chi connectivity index (χ0v) is 19.0. The van der Waals surface area contributed by atoms with Crippen LogP contribution >= 0.6 is 11.6 Å². The Bertz CT molecular complexity index is 1240. The van der Waals surface area contributed by atoms with Crippen LogP contribution < -0.4 is 9.73 Å². The molecule has 3 aromatic rings. The number of nitrogens with zero attached hydrogens (tertiary/aromatic N) is 2. The summed E-state index contributed by atoms with van der Waals surface area (Å²) in [6.45, 7) is 2.84. The van der Waals surface area contributed by atoms with Crippen LogP contribution in [0.3, 0.4) is 0 Å². The van der Waals surface area contributed by atoms with Crippen LogP contribution in [0.4, 0.5) is 10.1 Å². The molecule has 0 saturated heterocycles. The molecule has 1 N–H and O–H groups in total. The first-order chi connectivity index (χ1) is 15.2. The Labute approximate surface area is 191 Å². The number of aryl methyl sites for hydroxylation is 1.